The highest BCUT2D eigenvalue weighted by Crippen LogP contribution is 2.34. The first kappa shape index (κ1) is 10.4. The minimum Gasteiger partial charge on any atom is -0.353 e. The maximum atomic E-state index is 6.06. The molecule has 1 saturated carbocycles. The molecule has 1 aromatic heterocycles. The highest BCUT2D eigenvalue weighted by atomic mass is 35.5. The average Bonchev–Trinajstić information content (AvgIpc) is 3.06. The van der Waals surface area contributed by atoms with Crippen molar-refractivity contribution in [1.82, 2.24) is 9.97 Å². The van der Waals surface area contributed by atoms with Crippen molar-refractivity contribution in [2.24, 2.45) is 5.84 Å². The quantitative estimate of drug-likeness (QED) is 0.601. The number of nitrogens with two attached hydrogens (primary N) is 1. The van der Waals surface area contributed by atoms with Gasteiger partial charge in [0.2, 0.25) is 5.95 Å². The molecule has 0 atom stereocenters. The zero-order valence-electron chi connectivity index (χ0n) is 8.57. The molecule has 0 aliphatic heterocycles. The molecule has 15 heavy (non-hydrogen) atoms. The van der Waals surface area contributed by atoms with E-state index in [2.05, 4.69) is 27.2 Å². The van der Waals surface area contributed by atoms with Gasteiger partial charge < -0.3 is 4.90 Å². The van der Waals surface area contributed by atoms with Crippen LogP contribution < -0.4 is 16.2 Å². The van der Waals surface area contributed by atoms with E-state index < -0.39 is 0 Å². The molecular formula is C9H14ClN5. The maximum Gasteiger partial charge on any atom is 0.239 e. The lowest BCUT2D eigenvalue weighted by Crippen LogP contribution is -2.27. The van der Waals surface area contributed by atoms with E-state index in [0.29, 0.717) is 17.0 Å². The number of hydrogen-bond acceptors (Lipinski definition) is 5. The number of rotatable bonds is 4. The Morgan fingerprint density at radius 2 is 2.40 bits per heavy atom. The highest BCUT2D eigenvalue weighted by Gasteiger charge is 2.30. The molecule has 0 radical (unpaired) electrons. The molecule has 0 amide bonds. The first-order chi connectivity index (χ1) is 7.26. The molecule has 6 heteroatoms. The number of nitrogens with one attached hydrogen (secondary N) is 1. The number of hydrogen-bond donors (Lipinski definition) is 2. The highest BCUT2D eigenvalue weighted by molar-refractivity contribution is 6.32. The van der Waals surface area contributed by atoms with Crippen LogP contribution >= 0.6 is 11.6 Å². The molecule has 1 aromatic rings. The van der Waals surface area contributed by atoms with Crippen LogP contribution in [0.2, 0.25) is 5.02 Å². The van der Waals surface area contributed by atoms with Crippen molar-refractivity contribution in [3.8, 4) is 0 Å². The van der Waals surface area contributed by atoms with Crippen molar-refractivity contribution >= 4 is 23.4 Å². The molecule has 0 unspecified atom stereocenters. The van der Waals surface area contributed by atoms with Gasteiger partial charge in [-0.1, -0.05) is 11.6 Å². The van der Waals surface area contributed by atoms with Gasteiger partial charge in [-0.15, -0.1) is 0 Å². The zero-order chi connectivity index (χ0) is 10.8. The number of nitrogens with zero attached hydrogens (tertiary/aromatic N) is 3. The number of hydrazine groups is 1. The first-order valence-electron chi connectivity index (χ1n) is 5.02. The molecule has 0 saturated heterocycles. The summed E-state index contributed by atoms with van der Waals surface area (Å²) in [4.78, 5) is 10.4. The normalized spacial score (nSPS) is 15.1. The fraction of sp³-hybridized carbons (Fsp3) is 0.556. The first-order valence-corrected chi connectivity index (χ1v) is 5.39. The number of anilines is 2. The molecule has 1 heterocycles. The van der Waals surface area contributed by atoms with Gasteiger partial charge in [0.1, 0.15) is 5.02 Å². The molecule has 5 nitrogen and oxygen atoms in total. The summed E-state index contributed by atoms with van der Waals surface area (Å²) >= 11 is 6.06. The minimum atomic E-state index is 0.397. The Balaban J connectivity index is 2.31. The Bertz CT molecular complexity index is 352. The Hall–Kier alpha value is -1.07. The summed E-state index contributed by atoms with van der Waals surface area (Å²) in [5.41, 5.74) is 2.43. The molecule has 1 aliphatic carbocycles. The van der Waals surface area contributed by atoms with Crippen molar-refractivity contribution in [3.05, 3.63) is 11.2 Å². The van der Waals surface area contributed by atoms with Crippen LogP contribution in [0.1, 0.15) is 19.8 Å². The SMILES string of the molecule is CCN(c1nc(NN)ncc1Cl)C1CC1. The summed E-state index contributed by atoms with van der Waals surface area (Å²) in [6, 6.07) is 0.577. The summed E-state index contributed by atoms with van der Waals surface area (Å²) < 4.78 is 0. The second-order valence-corrected chi connectivity index (χ2v) is 3.93. The van der Waals surface area contributed by atoms with Crippen LogP contribution in [0.25, 0.3) is 0 Å². The van der Waals surface area contributed by atoms with Gasteiger partial charge in [-0.05, 0) is 19.8 Å². The average molecular weight is 228 g/mol. The van der Waals surface area contributed by atoms with Crippen LogP contribution in [0.4, 0.5) is 11.8 Å². The lowest BCUT2D eigenvalue weighted by atomic mass is 10.4. The Morgan fingerprint density at radius 3 is 2.93 bits per heavy atom. The van der Waals surface area contributed by atoms with Gasteiger partial charge in [0, 0.05) is 12.6 Å². The zero-order valence-corrected chi connectivity index (χ0v) is 9.33. The number of nitrogen functional groups attached to an aromatic ring is 1. The molecule has 0 spiro atoms. The summed E-state index contributed by atoms with van der Waals surface area (Å²) in [5, 5.41) is 0.572. The number of aromatic nitrogens is 2. The van der Waals surface area contributed by atoms with E-state index >= 15 is 0 Å². The van der Waals surface area contributed by atoms with Gasteiger partial charge in [0.25, 0.3) is 0 Å². The van der Waals surface area contributed by atoms with Gasteiger partial charge in [-0.25, -0.2) is 10.8 Å². The van der Waals surface area contributed by atoms with E-state index in [4.69, 9.17) is 17.4 Å². The van der Waals surface area contributed by atoms with Crippen molar-refractivity contribution in [2.45, 2.75) is 25.8 Å². The van der Waals surface area contributed by atoms with Crippen LogP contribution in [0.3, 0.4) is 0 Å². The third kappa shape index (κ3) is 2.13. The Labute approximate surface area is 93.6 Å². The predicted octanol–water partition coefficient (Wildman–Crippen LogP) is 1.40. The Kier molecular flexibility index (Phi) is 2.93. The fourth-order valence-electron chi connectivity index (χ4n) is 1.60. The van der Waals surface area contributed by atoms with Crippen molar-refractivity contribution in [1.29, 1.82) is 0 Å². The van der Waals surface area contributed by atoms with Crippen LogP contribution in [0, 0.1) is 0 Å². The van der Waals surface area contributed by atoms with E-state index in [1.54, 1.807) is 6.20 Å². The number of halogens is 1. The van der Waals surface area contributed by atoms with Crippen LogP contribution in [0.5, 0.6) is 0 Å². The third-order valence-electron chi connectivity index (χ3n) is 2.46. The Morgan fingerprint density at radius 1 is 1.67 bits per heavy atom. The van der Waals surface area contributed by atoms with Gasteiger partial charge in [-0.3, -0.25) is 5.43 Å². The predicted molar refractivity (Wildman–Crippen MR) is 60.9 cm³/mol. The van der Waals surface area contributed by atoms with Crippen molar-refractivity contribution in [2.75, 3.05) is 16.9 Å². The fourth-order valence-corrected chi connectivity index (χ4v) is 1.80. The van der Waals surface area contributed by atoms with Gasteiger partial charge in [-0.2, -0.15) is 4.98 Å². The van der Waals surface area contributed by atoms with Crippen molar-refractivity contribution < 1.29 is 0 Å². The summed E-state index contributed by atoms with van der Waals surface area (Å²) in [5.74, 6) is 6.43. The summed E-state index contributed by atoms with van der Waals surface area (Å²) in [6.07, 6.45) is 3.99. The van der Waals surface area contributed by atoms with E-state index in [1.165, 1.54) is 12.8 Å². The lowest BCUT2D eigenvalue weighted by molar-refractivity contribution is 0.805. The topological polar surface area (TPSA) is 67.1 Å². The monoisotopic (exact) mass is 227 g/mol. The largest absolute Gasteiger partial charge is 0.353 e. The third-order valence-corrected chi connectivity index (χ3v) is 2.72. The molecule has 82 valence electrons. The van der Waals surface area contributed by atoms with E-state index in [9.17, 15) is 0 Å². The standard InChI is InChI=1S/C9H14ClN5/c1-2-15(6-3-4-6)8-7(10)5-12-9(13-8)14-11/h5-6H,2-4,11H2,1H3,(H,12,13,14). The molecular weight excluding hydrogens is 214 g/mol. The second-order valence-electron chi connectivity index (χ2n) is 3.53. The smallest absolute Gasteiger partial charge is 0.239 e. The molecule has 0 bridgehead atoms. The second kappa shape index (κ2) is 4.20. The van der Waals surface area contributed by atoms with Gasteiger partial charge >= 0.3 is 0 Å². The van der Waals surface area contributed by atoms with Crippen LogP contribution in [-0.4, -0.2) is 22.6 Å². The van der Waals surface area contributed by atoms with Gasteiger partial charge in [0.15, 0.2) is 5.82 Å². The van der Waals surface area contributed by atoms with E-state index in [0.717, 1.165) is 12.4 Å². The van der Waals surface area contributed by atoms with Gasteiger partial charge in [0.05, 0.1) is 6.20 Å². The van der Waals surface area contributed by atoms with Crippen LogP contribution in [-0.2, 0) is 0 Å². The molecule has 1 aliphatic rings. The van der Waals surface area contributed by atoms with E-state index in [-0.39, 0.29) is 0 Å². The molecule has 0 aromatic carbocycles. The lowest BCUT2D eigenvalue weighted by Gasteiger charge is -2.22. The maximum absolute atomic E-state index is 6.06. The summed E-state index contributed by atoms with van der Waals surface area (Å²) in [6.45, 7) is 2.98. The molecule has 3 N–H and O–H groups in total. The molecule has 1 fully saturated rings. The van der Waals surface area contributed by atoms with Crippen LogP contribution in [0.15, 0.2) is 6.20 Å². The summed E-state index contributed by atoms with van der Waals surface area (Å²) in [7, 11) is 0. The minimum absolute atomic E-state index is 0.397. The van der Waals surface area contributed by atoms with E-state index in [1.807, 2.05) is 0 Å². The molecule has 2 rings (SSSR count). The van der Waals surface area contributed by atoms with Crippen molar-refractivity contribution in [3.63, 3.8) is 0 Å².